The Labute approximate surface area is 370 Å². The Bertz CT molecular complexity index is 3620. The number of thiophene rings is 1. The number of hydrogen-bond donors (Lipinski definition) is 0. The quantitative estimate of drug-likeness (QED) is 0.148. The predicted octanol–water partition coefficient (Wildman–Crippen LogP) is 17.3. The molecule has 12 aromatic rings. The van der Waals surface area contributed by atoms with E-state index in [9.17, 15) is 0 Å². The van der Waals surface area contributed by atoms with E-state index in [4.69, 9.17) is 0 Å². The van der Waals surface area contributed by atoms with Crippen molar-refractivity contribution < 1.29 is 0 Å². The molecule has 2 aromatic heterocycles. The van der Waals surface area contributed by atoms with E-state index < -0.39 is 0 Å². The van der Waals surface area contributed by atoms with Crippen LogP contribution in [0.25, 0.3) is 92.2 Å². The Morgan fingerprint density at radius 3 is 1.63 bits per heavy atom. The van der Waals surface area contributed by atoms with Gasteiger partial charge in [-0.15, -0.1) is 11.3 Å². The van der Waals surface area contributed by atoms with Crippen LogP contribution in [-0.4, -0.2) is 4.57 Å². The molecule has 0 amide bonds. The normalized spacial score (nSPS) is 11.5. The number of hydrogen-bond acceptors (Lipinski definition) is 2. The van der Waals surface area contributed by atoms with Crippen LogP contribution in [0.5, 0.6) is 0 Å². The van der Waals surface area contributed by atoms with E-state index in [1.807, 2.05) is 11.3 Å². The molecule has 3 heteroatoms. The van der Waals surface area contributed by atoms with E-state index in [2.05, 4.69) is 252 Å². The van der Waals surface area contributed by atoms with Crippen LogP contribution in [0.3, 0.4) is 0 Å². The standard InChI is InChI=1S/C60H40N2S/c1-4-19-41(20-5-1)46-25-10-11-26-47(46)49-27-12-15-32-56(49)62-57-33-16-13-28-50(57)51-38-36-45(40-58(51)62)61(43-23-8-3-9-24-43)44-35-37-48(55(39-44)42-21-6-2-7-22-42)53-30-18-31-54-52-29-14-17-34-59(52)63-60(53)54/h1-40H. The minimum atomic E-state index is 1.08. The average molecular weight is 821 g/mol. The van der Waals surface area contributed by atoms with Crippen molar-refractivity contribution in [2.45, 2.75) is 0 Å². The smallest absolute Gasteiger partial charge is 0.0562 e. The number of rotatable bonds is 8. The van der Waals surface area contributed by atoms with Gasteiger partial charge in [-0.3, -0.25) is 0 Å². The van der Waals surface area contributed by atoms with Crippen LogP contribution in [0.1, 0.15) is 0 Å². The second kappa shape index (κ2) is 15.5. The summed E-state index contributed by atoms with van der Waals surface area (Å²) in [6.45, 7) is 0. The molecule has 0 fully saturated rings. The number of aromatic nitrogens is 1. The Balaban J connectivity index is 1.08. The molecule has 0 spiro atoms. The van der Waals surface area contributed by atoms with Crippen LogP contribution in [0.2, 0.25) is 0 Å². The summed E-state index contributed by atoms with van der Waals surface area (Å²) >= 11 is 1.88. The van der Waals surface area contributed by atoms with Crippen LogP contribution in [-0.2, 0) is 0 Å². The van der Waals surface area contributed by atoms with Crippen LogP contribution in [0.15, 0.2) is 243 Å². The van der Waals surface area contributed by atoms with E-state index in [0.29, 0.717) is 0 Å². The molecule has 0 N–H and O–H groups in total. The molecular weight excluding hydrogens is 781 g/mol. The van der Waals surface area contributed by atoms with Crippen LogP contribution in [0, 0.1) is 0 Å². The van der Waals surface area contributed by atoms with Crippen molar-refractivity contribution in [1.29, 1.82) is 0 Å². The molecule has 0 unspecified atom stereocenters. The summed E-state index contributed by atoms with van der Waals surface area (Å²) < 4.78 is 5.09. The molecule has 12 rings (SSSR count). The Morgan fingerprint density at radius 2 is 0.841 bits per heavy atom. The van der Waals surface area contributed by atoms with Crippen molar-refractivity contribution in [2.24, 2.45) is 0 Å². The van der Waals surface area contributed by atoms with Gasteiger partial charge in [-0.25, -0.2) is 0 Å². The zero-order valence-electron chi connectivity index (χ0n) is 34.4. The first-order chi connectivity index (χ1) is 31.3. The highest BCUT2D eigenvalue weighted by Gasteiger charge is 2.22. The van der Waals surface area contributed by atoms with E-state index >= 15 is 0 Å². The molecular formula is C60H40N2S. The van der Waals surface area contributed by atoms with Gasteiger partial charge in [0.25, 0.3) is 0 Å². The lowest BCUT2D eigenvalue weighted by Crippen LogP contribution is -2.10. The lowest BCUT2D eigenvalue weighted by atomic mass is 9.92. The van der Waals surface area contributed by atoms with Gasteiger partial charge in [0.1, 0.15) is 0 Å². The zero-order chi connectivity index (χ0) is 41.7. The molecule has 0 saturated carbocycles. The molecule has 0 bridgehead atoms. The van der Waals surface area contributed by atoms with Gasteiger partial charge in [-0.05, 0) is 88.0 Å². The van der Waals surface area contributed by atoms with Crippen LogP contribution < -0.4 is 4.90 Å². The van der Waals surface area contributed by atoms with Gasteiger partial charge in [-0.2, -0.15) is 0 Å². The maximum absolute atomic E-state index is 2.47. The van der Waals surface area contributed by atoms with Gasteiger partial charge in [0.2, 0.25) is 0 Å². The average Bonchev–Trinajstić information content (AvgIpc) is 3.91. The zero-order valence-corrected chi connectivity index (χ0v) is 35.2. The summed E-state index contributed by atoms with van der Waals surface area (Å²) in [7, 11) is 0. The highest BCUT2D eigenvalue weighted by atomic mass is 32.1. The molecule has 0 aliphatic rings. The van der Waals surface area contributed by atoms with Crippen LogP contribution in [0.4, 0.5) is 17.1 Å². The lowest BCUT2D eigenvalue weighted by molar-refractivity contribution is 1.18. The third kappa shape index (κ3) is 6.33. The van der Waals surface area contributed by atoms with Crippen molar-refractivity contribution in [2.75, 3.05) is 4.90 Å². The van der Waals surface area contributed by atoms with Crippen molar-refractivity contribution in [3.8, 4) is 50.2 Å². The maximum atomic E-state index is 2.47. The van der Waals surface area contributed by atoms with E-state index in [1.165, 1.54) is 81.0 Å². The minimum Gasteiger partial charge on any atom is -0.310 e. The molecule has 296 valence electrons. The SMILES string of the molecule is c1ccc(-c2ccccc2-c2ccccc2-n2c3ccccc3c3ccc(N(c4ccccc4)c4ccc(-c5cccc6c5sc5ccccc56)c(-c5ccccc5)c4)cc32)cc1. The molecule has 2 heterocycles. The fourth-order valence-corrected chi connectivity index (χ4v) is 10.8. The summed E-state index contributed by atoms with van der Waals surface area (Å²) in [4.78, 5) is 2.41. The fraction of sp³-hybridized carbons (Fsp3) is 0. The van der Waals surface area contributed by atoms with Crippen molar-refractivity contribution in [3.63, 3.8) is 0 Å². The first kappa shape index (κ1) is 36.8. The van der Waals surface area contributed by atoms with Crippen molar-refractivity contribution in [1.82, 2.24) is 4.57 Å². The molecule has 0 radical (unpaired) electrons. The van der Waals surface area contributed by atoms with Gasteiger partial charge in [0, 0.05) is 59.1 Å². The predicted molar refractivity (Wildman–Crippen MR) is 270 cm³/mol. The van der Waals surface area contributed by atoms with Gasteiger partial charge in [0.15, 0.2) is 0 Å². The summed E-state index contributed by atoms with van der Waals surface area (Å²) in [5, 5.41) is 5.05. The summed E-state index contributed by atoms with van der Waals surface area (Å²) in [5.41, 5.74) is 16.4. The molecule has 63 heavy (non-hydrogen) atoms. The Kier molecular flexibility index (Phi) is 9.06. The van der Waals surface area contributed by atoms with Gasteiger partial charge >= 0.3 is 0 Å². The highest BCUT2D eigenvalue weighted by Crippen LogP contribution is 2.47. The topological polar surface area (TPSA) is 8.17 Å². The first-order valence-corrected chi connectivity index (χ1v) is 22.3. The van der Waals surface area contributed by atoms with E-state index in [0.717, 1.165) is 28.3 Å². The molecule has 0 aliphatic carbocycles. The third-order valence-corrected chi connectivity index (χ3v) is 13.6. The summed E-state index contributed by atoms with van der Waals surface area (Å²) in [6.07, 6.45) is 0. The second-order valence-electron chi connectivity index (χ2n) is 16.0. The van der Waals surface area contributed by atoms with Crippen molar-refractivity contribution in [3.05, 3.63) is 243 Å². The summed E-state index contributed by atoms with van der Waals surface area (Å²) in [6, 6.07) is 88.4. The molecule has 0 atom stereocenters. The van der Waals surface area contributed by atoms with E-state index in [1.54, 1.807) is 0 Å². The molecule has 2 nitrogen and oxygen atoms in total. The maximum Gasteiger partial charge on any atom is 0.0562 e. The number of benzene rings is 10. The second-order valence-corrected chi connectivity index (χ2v) is 17.1. The van der Waals surface area contributed by atoms with Gasteiger partial charge in [-0.1, -0.05) is 188 Å². The minimum absolute atomic E-state index is 1.08. The number of anilines is 3. The van der Waals surface area contributed by atoms with Gasteiger partial charge in [0.05, 0.1) is 16.7 Å². The third-order valence-electron chi connectivity index (χ3n) is 12.4. The Morgan fingerprint density at radius 1 is 0.302 bits per heavy atom. The van der Waals surface area contributed by atoms with Crippen molar-refractivity contribution >= 4 is 70.4 Å². The molecule has 10 aromatic carbocycles. The lowest BCUT2D eigenvalue weighted by Gasteiger charge is -2.27. The molecule has 0 saturated heterocycles. The Hall–Kier alpha value is -7.98. The van der Waals surface area contributed by atoms with Gasteiger partial charge < -0.3 is 9.47 Å². The first-order valence-electron chi connectivity index (χ1n) is 21.5. The number of para-hydroxylation sites is 3. The number of nitrogens with zero attached hydrogens (tertiary/aromatic N) is 2. The van der Waals surface area contributed by atoms with E-state index in [-0.39, 0.29) is 0 Å². The van der Waals surface area contributed by atoms with Crippen LogP contribution >= 0.6 is 11.3 Å². The largest absolute Gasteiger partial charge is 0.310 e. The highest BCUT2D eigenvalue weighted by molar-refractivity contribution is 7.26. The summed E-state index contributed by atoms with van der Waals surface area (Å²) in [5.74, 6) is 0. The fourth-order valence-electron chi connectivity index (χ4n) is 9.59. The monoisotopic (exact) mass is 820 g/mol. The number of fused-ring (bicyclic) bond motifs is 6. The molecule has 0 aliphatic heterocycles.